The monoisotopic (exact) mass is 423 g/mol. The van der Waals surface area contributed by atoms with Gasteiger partial charge in [0.15, 0.2) is 0 Å². The summed E-state index contributed by atoms with van der Waals surface area (Å²) in [5, 5.41) is 5.03. The molecule has 162 valence electrons. The molecule has 2 N–H and O–H groups in total. The van der Waals surface area contributed by atoms with E-state index in [9.17, 15) is 19.2 Å². The van der Waals surface area contributed by atoms with Gasteiger partial charge in [-0.1, -0.05) is 30.3 Å². The molecule has 2 aromatic rings. The maximum Gasteiger partial charge on any atom is 0.313 e. The van der Waals surface area contributed by atoms with E-state index < -0.39 is 17.8 Å². The molecule has 0 radical (unpaired) electrons. The zero-order valence-corrected chi connectivity index (χ0v) is 17.3. The Balaban J connectivity index is 1.41. The number of benzene rings is 2. The normalized spacial score (nSPS) is 12.1. The fourth-order valence-corrected chi connectivity index (χ4v) is 3.44. The fraction of sp³-hybridized carbons (Fsp3) is 0.304. The van der Waals surface area contributed by atoms with Gasteiger partial charge in [-0.25, -0.2) is 0 Å². The van der Waals surface area contributed by atoms with Gasteiger partial charge in [0.2, 0.25) is 5.91 Å². The number of anilines is 2. The van der Waals surface area contributed by atoms with Gasteiger partial charge in [0.25, 0.3) is 0 Å². The number of methoxy groups -OCH3 is 1. The Bertz CT molecular complexity index is 989. The van der Waals surface area contributed by atoms with Crippen LogP contribution < -0.4 is 15.5 Å². The van der Waals surface area contributed by atoms with Crippen molar-refractivity contribution >= 4 is 35.1 Å². The lowest BCUT2D eigenvalue weighted by Gasteiger charge is -2.17. The fourth-order valence-electron chi connectivity index (χ4n) is 3.44. The van der Waals surface area contributed by atoms with Crippen molar-refractivity contribution < 1.29 is 23.9 Å². The SMILES string of the molecule is COC(=O)Cc1cccc(NC(=O)C(=O)NCCCC(=O)N2CCc3ccccc32)c1. The third kappa shape index (κ3) is 5.91. The van der Waals surface area contributed by atoms with Gasteiger partial charge in [-0.2, -0.15) is 0 Å². The number of carbonyl (C=O) groups excluding carboxylic acids is 4. The van der Waals surface area contributed by atoms with Gasteiger partial charge in [-0.3, -0.25) is 19.2 Å². The Morgan fingerprint density at radius 1 is 1.03 bits per heavy atom. The van der Waals surface area contributed by atoms with E-state index in [1.165, 1.54) is 7.11 Å². The number of ether oxygens (including phenoxy) is 1. The van der Waals surface area contributed by atoms with E-state index in [-0.39, 0.29) is 25.3 Å². The van der Waals surface area contributed by atoms with Crippen LogP contribution in [0.2, 0.25) is 0 Å². The van der Waals surface area contributed by atoms with E-state index in [1.807, 2.05) is 24.3 Å². The maximum absolute atomic E-state index is 12.5. The molecule has 0 aromatic heterocycles. The molecule has 8 nitrogen and oxygen atoms in total. The second-order valence-corrected chi connectivity index (χ2v) is 7.19. The maximum atomic E-state index is 12.5. The van der Waals surface area contributed by atoms with Crippen molar-refractivity contribution in [2.24, 2.45) is 0 Å². The molecule has 0 spiro atoms. The van der Waals surface area contributed by atoms with Crippen molar-refractivity contribution in [3.05, 3.63) is 59.7 Å². The Morgan fingerprint density at radius 3 is 2.65 bits per heavy atom. The van der Waals surface area contributed by atoms with E-state index in [1.54, 1.807) is 29.2 Å². The molecule has 0 aliphatic carbocycles. The smallest absolute Gasteiger partial charge is 0.313 e. The molecule has 2 aromatic carbocycles. The molecule has 0 saturated heterocycles. The van der Waals surface area contributed by atoms with Crippen LogP contribution in [0, 0.1) is 0 Å². The zero-order chi connectivity index (χ0) is 22.2. The van der Waals surface area contributed by atoms with Gasteiger partial charge in [0.1, 0.15) is 0 Å². The minimum atomic E-state index is -0.810. The first-order chi connectivity index (χ1) is 15.0. The molecule has 1 aliphatic heterocycles. The van der Waals surface area contributed by atoms with Crippen molar-refractivity contribution in [2.45, 2.75) is 25.7 Å². The number of esters is 1. The summed E-state index contributed by atoms with van der Waals surface area (Å²) < 4.78 is 4.62. The number of nitrogens with zero attached hydrogens (tertiary/aromatic N) is 1. The van der Waals surface area contributed by atoms with Crippen LogP contribution in [0.1, 0.15) is 24.0 Å². The van der Waals surface area contributed by atoms with Gasteiger partial charge >= 0.3 is 17.8 Å². The Morgan fingerprint density at radius 2 is 1.84 bits per heavy atom. The lowest BCUT2D eigenvalue weighted by molar-refractivity contribution is -0.139. The second-order valence-electron chi connectivity index (χ2n) is 7.19. The highest BCUT2D eigenvalue weighted by Gasteiger charge is 2.23. The third-order valence-corrected chi connectivity index (χ3v) is 5.01. The van der Waals surface area contributed by atoms with E-state index in [0.717, 1.165) is 17.7 Å². The van der Waals surface area contributed by atoms with Gasteiger partial charge < -0.3 is 20.3 Å². The first-order valence-electron chi connectivity index (χ1n) is 10.1. The summed E-state index contributed by atoms with van der Waals surface area (Å²) >= 11 is 0. The molecule has 0 saturated carbocycles. The van der Waals surface area contributed by atoms with Crippen LogP contribution in [-0.2, 0) is 36.8 Å². The van der Waals surface area contributed by atoms with Crippen molar-refractivity contribution in [1.29, 1.82) is 0 Å². The highest BCUT2D eigenvalue weighted by Crippen LogP contribution is 2.27. The molecule has 1 heterocycles. The predicted octanol–water partition coefficient (Wildman–Crippen LogP) is 1.83. The van der Waals surface area contributed by atoms with Crippen LogP contribution >= 0.6 is 0 Å². The van der Waals surface area contributed by atoms with Crippen LogP contribution in [0.5, 0.6) is 0 Å². The van der Waals surface area contributed by atoms with Gasteiger partial charge in [0.05, 0.1) is 13.5 Å². The molecular weight excluding hydrogens is 398 g/mol. The first kappa shape index (κ1) is 22.0. The highest BCUT2D eigenvalue weighted by molar-refractivity contribution is 6.39. The van der Waals surface area contributed by atoms with E-state index in [4.69, 9.17) is 0 Å². The number of hydrogen-bond acceptors (Lipinski definition) is 5. The number of nitrogens with one attached hydrogen (secondary N) is 2. The van der Waals surface area contributed by atoms with Crippen LogP contribution in [0.25, 0.3) is 0 Å². The Kier molecular flexibility index (Phi) is 7.37. The van der Waals surface area contributed by atoms with E-state index >= 15 is 0 Å². The number of amides is 3. The summed E-state index contributed by atoms with van der Waals surface area (Å²) in [6, 6.07) is 14.5. The molecule has 0 unspecified atom stereocenters. The average Bonchev–Trinajstić information content (AvgIpc) is 3.21. The largest absolute Gasteiger partial charge is 0.469 e. The second kappa shape index (κ2) is 10.4. The quantitative estimate of drug-likeness (QED) is 0.402. The minimum Gasteiger partial charge on any atom is -0.469 e. The van der Waals surface area contributed by atoms with Crippen LogP contribution in [-0.4, -0.2) is 43.9 Å². The molecule has 1 aliphatic rings. The molecule has 8 heteroatoms. The van der Waals surface area contributed by atoms with Crippen molar-refractivity contribution in [3.63, 3.8) is 0 Å². The Labute approximate surface area is 180 Å². The summed E-state index contributed by atoms with van der Waals surface area (Å²) in [7, 11) is 1.30. The molecule has 0 atom stereocenters. The molecule has 3 rings (SSSR count). The van der Waals surface area contributed by atoms with Crippen LogP contribution in [0.4, 0.5) is 11.4 Å². The number of carbonyl (C=O) groups is 4. The molecular formula is C23H25N3O5. The summed E-state index contributed by atoms with van der Waals surface area (Å²) in [6.07, 6.45) is 1.64. The summed E-state index contributed by atoms with van der Waals surface area (Å²) in [5.41, 5.74) is 3.18. The van der Waals surface area contributed by atoms with Crippen molar-refractivity contribution in [1.82, 2.24) is 5.32 Å². The topological polar surface area (TPSA) is 105 Å². The zero-order valence-electron chi connectivity index (χ0n) is 17.3. The lowest BCUT2D eigenvalue weighted by Crippen LogP contribution is -2.36. The number of para-hydroxylation sites is 1. The molecule has 3 amide bonds. The standard InChI is InChI=1S/C23H25N3O5/c1-31-21(28)15-16-6-4-8-18(14-16)25-23(30)22(29)24-12-5-10-20(27)26-13-11-17-7-2-3-9-19(17)26/h2-4,6-9,14H,5,10-13,15H2,1H3,(H,24,29)(H,25,30). The van der Waals surface area contributed by atoms with Gasteiger partial charge in [-0.15, -0.1) is 0 Å². The predicted molar refractivity (Wildman–Crippen MR) is 116 cm³/mol. The van der Waals surface area contributed by atoms with Crippen molar-refractivity contribution in [2.75, 3.05) is 30.4 Å². The third-order valence-electron chi connectivity index (χ3n) is 5.01. The van der Waals surface area contributed by atoms with E-state index in [0.29, 0.717) is 24.2 Å². The summed E-state index contributed by atoms with van der Waals surface area (Å²) in [4.78, 5) is 49.7. The van der Waals surface area contributed by atoms with Crippen LogP contribution in [0.3, 0.4) is 0 Å². The number of hydrogen-bond donors (Lipinski definition) is 2. The van der Waals surface area contributed by atoms with Crippen molar-refractivity contribution in [3.8, 4) is 0 Å². The summed E-state index contributed by atoms with van der Waals surface area (Å²) in [6.45, 7) is 0.887. The summed E-state index contributed by atoms with van der Waals surface area (Å²) in [5.74, 6) is -1.98. The average molecular weight is 423 g/mol. The molecule has 0 fully saturated rings. The highest BCUT2D eigenvalue weighted by atomic mass is 16.5. The van der Waals surface area contributed by atoms with Crippen LogP contribution in [0.15, 0.2) is 48.5 Å². The minimum absolute atomic E-state index is 0.00562. The number of fused-ring (bicyclic) bond motifs is 1. The first-order valence-corrected chi connectivity index (χ1v) is 10.1. The van der Waals surface area contributed by atoms with Gasteiger partial charge in [0, 0.05) is 30.9 Å². The molecule has 0 bridgehead atoms. The van der Waals surface area contributed by atoms with Gasteiger partial charge in [-0.05, 0) is 42.2 Å². The molecule has 31 heavy (non-hydrogen) atoms. The Hall–Kier alpha value is -3.68. The van der Waals surface area contributed by atoms with E-state index in [2.05, 4.69) is 15.4 Å². The lowest BCUT2D eigenvalue weighted by atomic mass is 10.1. The number of rotatable bonds is 7.